The molecule has 2 bridgehead atoms. The lowest BCUT2D eigenvalue weighted by Gasteiger charge is -2.39. The second-order valence-corrected chi connectivity index (χ2v) is 11.6. The average molecular weight is 502 g/mol. The summed E-state index contributed by atoms with van der Waals surface area (Å²) in [5, 5.41) is 16.0. The highest BCUT2D eigenvalue weighted by Crippen LogP contribution is 2.60. The highest BCUT2D eigenvalue weighted by atomic mass is 79.9. The Morgan fingerprint density at radius 3 is 2.48 bits per heavy atom. The zero-order chi connectivity index (χ0) is 23.3. The van der Waals surface area contributed by atoms with Crippen LogP contribution in [0.25, 0.3) is 0 Å². The predicted octanol–water partition coefficient (Wildman–Crippen LogP) is 1.19. The van der Waals surface area contributed by atoms with Crippen molar-refractivity contribution in [3.05, 3.63) is 0 Å². The van der Waals surface area contributed by atoms with E-state index in [1.54, 1.807) is 0 Å². The number of aliphatic hydroxyl groups excluding tert-OH is 1. The quantitative estimate of drug-likeness (QED) is 0.454. The van der Waals surface area contributed by atoms with Crippen LogP contribution in [0.4, 0.5) is 0 Å². The van der Waals surface area contributed by atoms with Crippen LogP contribution in [0, 0.1) is 17.8 Å². The highest BCUT2D eigenvalue weighted by molar-refractivity contribution is 9.09. The molecule has 3 aliphatic rings. The largest absolute Gasteiger partial charge is 0.394 e. The molecule has 7 atom stereocenters. The number of hydrogen-bond donors (Lipinski definition) is 3. The van der Waals surface area contributed by atoms with Crippen molar-refractivity contribution in [3.63, 3.8) is 0 Å². The first-order valence-electron chi connectivity index (χ1n) is 11.2. The lowest BCUT2D eigenvalue weighted by molar-refractivity contribution is -0.147. The van der Waals surface area contributed by atoms with E-state index in [0.29, 0.717) is 13.0 Å². The normalized spacial score (nSPS) is 35.5. The van der Waals surface area contributed by atoms with Crippen LogP contribution >= 0.6 is 15.9 Å². The monoisotopic (exact) mass is 501 g/mol. The summed E-state index contributed by atoms with van der Waals surface area (Å²) in [6.45, 7) is 11.7. The highest BCUT2D eigenvalue weighted by Gasteiger charge is 2.77. The second-order valence-electron chi connectivity index (χ2n) is 10.4. The number of nitrogens with one attached hydrogen (secondary N) is 2. The maximum absolute atomic E-state index is 13.8. The molecule has 31 heavy (non-hydrogen) atoms. The van der Waals surface area contributed by atoms with Crippen LogP contribution in [-0.2, 0) is 19.1 Å². The van der Waals surface area contributed by atoms with Crippen molar-refractivity contribution in [2.45, 2.75) is 88.5 Å². The molecule has 176 valence electrons. The van der Waals surface area contributed by atoms with E-state index in [1.165, 1.54) is 4.90 Å². The van der Waals surface area contributed by atoms with Gasteiger partial charge in [0.2, 0.25) is 17.7 Å². The lowest BCUT2D eigenvalue weighted by atomic mass is 9.70. The molecule has 0 radical (unpaired) electrons. The Bertz CT molecular complexity index is 739. The molecule has 1 spiro atoms. The first-order valence-corrected chi connectivity index (χ1v) is 12.2. The van der Waals surface area contributed by atoms with Gasteiger partial charge in [-0.1, -0.05) is 36.7 Å². The van der Waals surface area contributed by atoms with Crippen molar-refractivity contribution < 1.29 is 24.2 Å². The van der Waals surface area contributed by atoms with Crippen LogP contribution in [0.1, 0.15) is 54.4 Å². The van der Waals surface area contributed by atoms with Crippen molar-refractivity contribution in [3.8, 4) is 0 Å². The average Bonchev–Trinajstić information content (AvgIpc) is 3.23. The van der Waals surface area contributed by atoms with Crippen LogP contribution in [0.15, 0.2) is 0 Å². The van der Waals surface area contributed by atoms with Crippen molar-refractivity contribution in [1.29, 1.82) is 0 Å². The molecule has 3 heterocycles. The smallest absolute Gasteiger partial charge is 0.246 e. The minimum absolute atomic E-state index is 0.0709. The third-order valence-corrected chi connectivity index (χ3v) is 7.48. The molecule has 0 aromatic carbocycles. The molecule has 3 unspecified atom stereocenters. The Morgan fingerprint density at radius 2 is 1.97 bits per heavy atom. The third-order valence-electron chi connectivity index (χ3n) is 6.64. The number of halogens is 1. The molecule has 3 aliphatic heterocycles. The SMILES string of the molecule is CCCNC(=O)[C@H]1[C@H]2C(=O)N([C@@H](CO)C(C)C)C(C(=O)NC(C)(C)C)C23CC(Br)[C@@H]1O3. The van der Waals surface area contributed by atoms with E-state index in [4.69, 9.17) is 4.74 Å². The van der Waals surface area contributed by atoms with Gasteiger partial charge in [0.05, 0.1) is 30.6 Å². The number of likely N-dealkylation sites (tertiary alicyclic amines) is 1. The van der Waals surface area contributed by atoms with E-state index in [1.807, 2.05) is 41.5 Å². The Labute approximate surface area is 193 Å². The molecule has 0 saturated carbocycles. The lowest BCUT2D eigenvalue weighted by Crippen LogP contribution is -2.61. The summed E-state index contributed by atoms with van der Waals surface area (Å²) in [6, 6.07) is -1.45. The molecule has 0 aromatic rings. The topological polar surface area (TPSA) is 108 Å². The zero-order valence-electron chi connectivity index (χ0n) is 19.3. The summed E-state index contributed by atoms with van der Waals surface area (Å²) in [5.41, 5.74) is -1.60. The summed E-state index contributed by atoms with van der Waals surface area (Å²) in [5.74, 6) is -2.28. The number of carbonyl (C=O) groups is 3. The van der Waals surface area contributed by atoms with E-state index in [2.05, 4.69) is 26.6 Å². The van der Waals surface area contributed by atoms with Gasteiger partial charge in [-0.05, 0) is 39.5 Å². The number of amides is 3. The van der Waals surface area contributed by atoms with Gasteiger partial charge < -0.3 is 25.4 Å². The predicted molar refractivity (Wildman–Crippen MR) is 119 cm³/mol. The third kappa shape index (κ3) is 4.02. The van der Waals surface area contributed by atoms with E-state index < -0.39 is 41.2 Å². The van der Waals surface area contributed by atoms with Gasteiger partial charge in [-0.3, -0.25) is 14.4 Å². The fourth-order valence-electron chi connectivity index (χ4n) is 5.45. The molecular formula is C22H36BrN3O5. The molecule has 9 heteroatoms. The number of fused-ring (bicyclic) bond motifs is 1. The number of rotatable bonds is 7. The fraction of sp³-hybridized carbons (Fsp3) is 0.864. The van der Waals surface area contributed by atoms with Crippen LogP contribution in [-0.4, -0.2) is 75.0 Å². The number of carbonyl (C=O) groups excluding carboxylic acids is 3. The van der Waals surface area contributed by atoms with Gasteiger partial charge in [0.1, 0.15) is 11.6 Å². The van der Waals surface area contributed by atoms with Gasteiger partial charge in [0.25, 0.3) is 0 Å². The molecule has 3 N–H and O–H groups in total. The summed E-state index contributed by atoms with van der Waals surface area (Å²) in [7, 11) is 0. The molecule has 3 rings (SSSR count). The fourth-order valence-corrected chi connectivity index (χ4v) is 6.39. The molecular weight excluding hydrogens is 466 g/mol. The Balaban J connectivity index is 2.08. The minimum atomic E-state index is -1.10. The minimum Gasteiger partial charge on any atom is -0.394 e. The first kappa shape index (κ1) is 24.5. The van der Waals surface area contributed by atoms with Gasteiger partial charge in [-0.25, -0.2) is 0 Å². The molecule has 3 amide bonds. The van der Waals surface area contributed by atoms with Crippen LogP contribution in [0.5, 0.6) is 0 Å². The summed E-state index contributed by atoms with van der Waals surface area (Å²) in [4.78, 5) is 41.8. The molecule has 3 fully saturated rings. The summed E-state index contributed by atoms with van der Waals surface area (Å²) >= 11 is 3.65. The maximum atomic E-state index is 13.8. The number of ether oxygens (including phenoxy) is 1. The van der Waals surface area contributed by atoms with Gasteiger partial charge in [0, 0.05) is 16.9 Å². The van der Waals surface area contributed by atoms with E-state index in [0.717, 1.165) is 6.42 Å². The number of aliphatic hydroxyl groups is 1. The van der Waals surface area contributed by atoms with Crippen molar-refractivity contribution in [2.75, 3.05) is 13.2 Å². The van der Waals surface area contributed by atoms with E-state index in [-0.39, 0.29) is 35.1 Å². The standard InChI is InChI=1S/C22H36BrN3O5/c1-7-8-24-18(28)14-15-20(30)26(13(10-27)11(2)3)17(19(29)25-21(4,5)6)22(15)9-12(23)16(14)31-22/h11-17,27H,7-10H2,1-6H3,(H,24,28)(H,25,29)/t12?,13-,14-,15-,16-,17?,22?/m0/s1. The number of nitrogens with zero attached hydrogens (tertiary/aromatic N) is 1. The van der Waals surface area contributed by atoms with Crippen LogP contribution < -0.4 is 10.6 Å². The van der Waals surface area contributed by atoms with Crippen LogP contribution in [0.2, 0.25) is 0 Å². The van der Waals surface area contributed by atoms with Gasteiger partial charge in [-0.2, -0.15) is 0 Å². The molecule has 0 aliphatic carbocycles. The van der Waals surface area contributed by atoms with Crippen molar-refractivity contribution in [1.82, 2.24) is 15.5 Å². The van der Waals surface area contributed by atoms with E-state index in [9.17, 15) is 19.5 Å². The van der Waals surface area contributed by atoms with Crippen LogP contribution in [0.3, 0.4) is 0 Å². The van der Waals surface area contributed by atoms with Crippen molar-refractivity contribution in [2.24, 2.45) is 17.8 Å². The first-order chi connectivity index (χ1) is 14.4. The Kier molecular flexibility index (Phi) is 6.81. The number of alkyl halides is 1. The molecule has 0 aromatic heterocycles. The Morgan fingerprint density at radius 1 is 1.32 bits per heavy atom. The van der Waals surface area contributed by atoms with Gasteiger partial charge >= 0.3 is 0 Å². The van der Waals surface area contributed by atoms with E-state index >= 15 is 0 Å². The van der Waals surface area contributed by atoms with Gasteiger partial charge in [0.15, 0.2) is 0 Å². The number of hydrogen-bond acceptors (Lipinski definition) is 5. The molecule has 3 saturated heterocycles. The summed E-state index contributed by atoms with van der Waals surface area (Å²) < 4.78 is 6.42. The zero-order valence-corrected chi connectivity index (χ0v) is 20.9. The molecule has 8 nitrogen and oxygen atoms in total. The Hall–Kier alpha value is -1.19. The maximum Gasteiger partial charge on any atom is 0.246 e. The second kappa shape index (κ2) is 8.63. The van der Waals surface area contributed by atoms with Crippen molar-refractivity contribution >= 4 is 33.7 Å². The van der Waals surface area contributed by atoms with Gasteiger partial charge in [-0.15, -0.1) is 0 Å². The summed E-state index contributed by atoms with van der Waals surface area (Å²) in [6.07, 6.45) is 0.777.